The van der Waals surface area contributed by atoms with E-state index in [1.54, 1.807) is 0 Å². The second-order valence-corrected chi connectivity index (χ2v) is 3.69. The Morgan fingerprint density at radius 3 is 2.65 bits per heavy atom. The zero-order chi connectivity index (χ0) is 12.6. The average molecular weight is 244 g/mol. The summed E-state index contributed by atoms with van der Waals surface area (Å²) >= 11 is 0. The fourth-order valence-corrected chi connectivity index (χ4v) is 1.64. The molecule has 0 radical (unpaired) electrons. The zero-order valence-electron chi connectivity index (χ0n) is 8.68. The van der Waals surface area contributed by atoms with Crippen molar-refractivity contribution in [3.05, 3.63) is 17.8 Å². The smallest absolute Gasteiger partial charge is 0.270 e. The van der Waals surface area contributed by atoms with Crippen LogP contribution < -0.4 is 5.73 Å². The first-order chi connectivity index (χ1) is 8.04. The molecule has 1 saturated heterocycles. The molecule has 5 N–H and O–H groups in total. The number of nitrogens with zero attached hydrogens (tertiary/aromatic N) is 1. The molecule has 94 valence electrons. The lowest BCUT2D eigenvalue weighted by atomic mass is 10.1. The molecule has 0 aliphatic carbocycles. The number of ether oxygens (including phenoxy) is 1. The monoisotopic (exact) mass is 244 g/mol. The Hall–Kier alpha value is -1.48. The molecular formula is C9H12N2O6. The van der Waals surface area contributed by atoms with Crippen LogP contribution in [-0.4, -0.2) is 51.1 Å². The zero-order valence-corrected chi connectivity index (χ0v) is 8.68. The van der Waals surface area contributed by atoms with E-state index in [9.17, 15) is 15.0 Å². The number of nitrogens with two attached hydrogens (primary N) is 1. The summed E-state index contributed by atoms with van der Waals surface area (Å²) in [6.07, 6.45) is -3.44. The quantitative estimate of drug-likeness (QED) is 0.478. The van der Waals surface area contributed by atoms with Crippen LogP contribution in [0.2, 0.25) is 0 Å². The van der Waals surface area contributed by atoms with Crippen LogP contribution in [0.1, 0.15) is 22.5 Å². The summed E-state index contributed by atoms with van der Waals surface area (Å²) in [5, 5.41) is 28.1. The normalized spacial score (nSPS) is 32.9. The SMILES string of the molecule is NC(=O)c1coc([C@@H]2O[C@H](CO)[C@@H](O)[C@H]2O)n1. The highest BCUT2D eigenvalue weighted by Gasteiger charge is 2.45. The number of carbonyl (C=O) groups excluding carboxylic acids is 1. The first-order valence-corrected chi connectivity index (χ1v) is 4.92. The van der Waals surface area contributed by atoms with Crippen molar-refractivity contribution in [3.8, 4) is 0 Å². The molecule has 8 heteroatoms. The summed E-state index contributed by atoms with van der Waals surface area (Å²) < 4.78 is 10.1. The number of carbonyl (C=O) groups is 1. The maximum Gasteiger partial charge on any atom is 0.270 e. The Morgan fingerprint density at radius 2 is 2.18 bits per heavy atom. The van der Waals surface area contributed by atoms with Gasteiger partial charge in [0.2, 0.25) is 5.89 Å². The molecule has 1 aliphatic heterocycles. The van der Waals surface area contributed by atoms with Crippen molar-refractivity contribution in [3.63, 3.8) is 0 Å². The minimum Gasteiger partial charge on any atom is -0.445 e. The lowest BCUT2D eigenvalue weighted by Crippen LogP contribution is -2.32. The number of primary amides is 1. The summed E-state index contributed by atoms with van der Waals surface area (Å²) in [6, 6.07) is 0. The van der Waals surface area contributed by atoms with Gasteiger partial charge in [0.1, 0.15) is 24.6 Å². The van der Waals surface area contributed by atoms with E-state index in [2.05, 4.69) is 4.98 Å². The number of amides is 1. The summed E-state index contributed by atoms with van der Waals surface area (Å²) in [5.74, 6) is -0.840. The summed E-state index contributed by atoms with van der Waals surface area (Å²) in [5.41, 5.74) is 4.89. The second kappa shape index (κ2) is 4.41. The number of oxazole rings is 1. The molecule has 1 amide bonds. The van der Waals surface area contributed by atoms with Crippen LogP contribution in [0, 0.1) is 0 Å². The number of rotatable bonds is 3. The first kappa shape index (κ1) is 12.0. The highest BCUT2D eigenvalue weighted by atomic mass is 16.6. The Kier molecular flexibility index (Phi) is 3.11. The number of aromatic nitrogens is 1. The molecule has 0 unspecified atom stereocenters. The number of aliphatic hydroxyl groups excluding tert-OH is 3. The fourth-order valence-electron chi connectivity index (χ4n) is 1.64. The van der Waals surface area contributed by atoms with E-state index in [-0.39, 0.29) is 11.6 Å². The molecule has 1 aromatic rings. The summed E-state index contributed by atoms with van der Waals surface area (Å²) in [7, 11) is 0. The fraction of sp³-hybridized carbons (Fsp3) is 0.556. The molecule has 0 saturated carbocycles. The van der Waals surface area contributed by atoms with Crippen LogP contribution in [0.5, 0.6) is 0 Å². The van der Waals surface area contributed by atoms with E-state index in [0.717, 1.165) is 6.26 Å². The van der Waals surface area contributed by atoms with Gasteiger partial charge >= 0.3 is 0 Å². The predicted molar refractivity (Wildman–Crippen MR) is 51.7 cm³/mol. The van der Waals surface area contributed by atoms with Crippen molar-refractivity contribution in [2.75, 3.05) is 6.61 Å². The van der Waals surface area contributed by atoms with Gasteiger partial charge in [-0.05, 0) is 0 Å². The highest BCUT2D eigenvalue weighted by molar-refractivity contribution is 5.90. The van der Waals surface area contributed by atoms with Gasteiger partial charge in [0.05, 0.1) is 6.61 Å². The van der Waals surface area contributed by atoms with Crippen molar-refractivity contribution in [2.45, 2.75) is 24.4 Å². The Labute approximate surface area is 95.6 Å². The van der Waals surface area contributed by atoms with E-state index in [1.807, 2.05) is 0 Å². The topological polar surface area (TPSA) is 139 Å². The van der Waals surface area contributed by atoms with Crippen LogP contribution in [0.3, 0.4) is 0 Å². The van der Waals surface area contributed by atoms with E-state index in [0.29, 0.717) is 0 Å². The van der Waals surface area contributed by atoms with Crippen LogP contribution in [0.4, 0.5) is 0 Å². The second-order valence-electron chi connectivity index (χ2n) is 3.69. The van der Waals surface area contributed by atoms with Crippen molar-refractivity contribution in [1.82, 2.24) is 4.98 Å². The molecule has 4 atom stereocenters. The number of aliphatic hydroxyl groups is 3. The van der Waals surface area contributed by atoms with Gasteiger partial charge in [-0.2, -0.15) is 0 Å². The maximum atomic E-state index is 10.8. The standard InChI is InChI=1S/C9H12N2O6/c10-8(15)3-2-16-9(11-3)7-6(14)5(13)4(1-12)17-7/h2,4-7,12-14H,1H2,(H2,10,15)/t4-,5-,6-,7-/m1/s1. The lowest BCUT2D eigenvalue weighted by Gasteiger charge is -2.10. The van der Waals surface area contributed by atoms with Gasteiger partial charge in [-0.3, -0.25) is 4.79 Å². The Bertz CT molecular complexity index is 419. The third kappa shape index (κ3) is 2.03. The molecular weight excluding hydrogens is 232 g/mol. The molecule has 8 nitrogen and oxygen atoms in total. The largest absolute Gasteiger partial charge is 0.445 e. The van der Waals surface area contributed by atoms with E-state index >= 15 is 0 Å². The van der Waals surface area contributed by atoms with Gasteiger partial charge in [-0.15, -0.1) is 0 Å². The molecule has 1 fully saturated rings. The van der Waals surface area contributed by atoms with Crippen molar-refractivity contribution in [2.24, 2.45) is 5.73 Å². The highest BCUT2D eigenvalue weighted by Crippen LogP contribution is 2.32. The van der Waals surface area contributed by atoms with Crippen molar-refractivity contribution in [1.29, 1.82) is 0 Å². The molecule has 2 heterocycles. The first-order valence-electron chi connectivity index (χ1n) is 4.92. The van der Waals surface area contributed by atoms with Gasteiger partial charge in [-0.25, -0.2) is 4.98 Å². The van der Waals surface area contributed by atoms with Crippen molar-refractivity contribution < 1.29 is 29.3 Å². The molecule has 2 rings (SSSR count). The minimum absolute atomic E-state index is 0.0682. The molecule has 0 spiro atoms. The number of hydrogen-bond donors (Lipinski definition) is 4. The molecule has 0 bridgehead atoms. The Balaban J connectivity index is 2.19. The summed E-state index contributed by atoms with van der Waals surface area (Å²) in [6.45, 7) is -0.446. The van der Waals surface area contributed by atoms with Crippen LogP contribution in [-0.2, 0) is 4.74 Å². The Morgan fingerprint density at radius 1 is 1.47 bits per heavy atom. The molecule has 1 aromatic heterocycles. The van der Waals surface area contributed by atoms with Crippen LogP contribution in [0.25, 0.3) is 0 Å². The van der Waals surface area contributed by atoms with Gasteiger partial charge < -0.3 is 30.2 Å². The third-order valence-corrected chi connectivity index (χ3v) is 2.56. The van der Waals surface area contributed by atoms with E-state index < -0.39 is 36.9 Å². The van der Waals surface area contributed by atoms with Gasteiger partial charge in [0, 0.05) is 0 Å². The van der Waals surface area contributed by atoms with Crippen LogP contribution in [0.15, 0.2) is 10.7 Å². The maximum absolute atomic E-state index is 10.8. The third-order valence-electron chi connectivity index (χ3n) is 2.56. The van der Waals surface area contributed by atoms with Gasteiger partial charge in [-0.1, -0.05) is 0 Å². The molecule has 1 aliphatic rings. The lowest BCUT2D eigenvalue weighted by molar-refractivity contribution is -0.0308. The summed E-state index contributed by atoms with van der Waals surface area (Å²) in [4.78, 5) is 14.5. The van der Waals surface area contributed by atoms with Gasteiger partial charge in [0.15, 0.2) is 11.8 Å². The predicted octanol–water partition coefficient (Wildman–Crippen LogP) is -2.07. The van der Waals surface area contributed by atoms with E-state index in [4.69, 9.17) is 20.0 Å². The van der Waals surface area contributed by atoms with Crippen molar-refractivity contribution >= 4 is 5.91 Å². The molecule has 0 aromatic carbocycles. The minimum atomic E-state index is -1.29. The molecule has 17 heavy (non-hydrogen) atoms. The number of hydrogen-bond acceptors (Lipinski definition) is 7. The van der Waals surface area contributed by atoms with Gasteiger partial charge in [0.25, 0.3) is 5.91 Å². The van der Waals surface area contributed by atoms with E-state index in [1.165, 1.54) is 0 Å². The van der Waals surface area contributed by atoms with Crippen LogP contribution >= 0.6 is 0 Å². The average Bonchev–Trinajstić information content (AvgIpc) is 2.87.